The van der Waals surface area contributed by atoms with E-state index >= 15 is 0 Å². The van der Waals surface area contributed by atoms with Gasteiger partial charge in [-0.2, -0.15) is 0 Å². The third kappa shape index (κ3) is 2.83. The number of para-hydroxylation sites is 2. The van der Waals surface area contributed by atoms with Gasteiger partial charge in [-0.15, -0.1) is 0 Å². The van der Waals surface area contributed by atoms with Crippen molar-refractivity contribution in [1.82, 2.24) is 14.9 Å². The normalized spacial score (nSPS) is 10.6. The van der Waals surface area contributed by atoms with E-state index in [0.717, 1.165) is 11.0 Å². The van der Waals surface area contributed by atoms with Crippen LogP contribution in [0, 0.1) is 0 Å². The van der Waals surface area contributed by atoms with E-state index in [0.29, 0.717) is 5.95 Å². The van der Waals surface area contributed by atoms with Crippen LogP contribution in [-0.2, 0) is 4.79 Å². The van der Waals surface area contributed by atoms with Crippen LogP contribution in [0.3, 0.4) is 0 Å². The largest absolute Gasteiger partial charge is 0.459 e. The van der Waals surface area contributed by atoms with Crippen LogP contribution in [0.25, 0.3) is 11.0 Å². The summed E-state index contributed by atoms with van der Waals surface area (Å²) in [5.74, 6) is -0.157. The van der Waals surface area contributed by atoms with Gasteiger partial charge in [-0.3, -0.25) is 14.9 Å². The second kappa shape index (κ2) is 5.72. The number of amides is 2. The molecular formula is C15H14N4O3. The fourth-order valence-corrected chi connectivity index (χ4v) is 2.06. The molecule has 7 nitrogen and oxygen atoms in total. The molecule has 2 amide bonds. The first-order chi connectivity index (χ1) is 10.6. The Hall–Kier alpha value is -3.09. The first-order valence-electron chi connectivity index (χ1n) is 6.67. The second-order valence-electron chi connectivity index (χ2n) is 4.79. The molecule has 0 aliphatic rings. The summed E-state index contributed by atoms with van der Waals surface area (Å²) in [5, 5.41) is 2.63. The number of imidazole rings is 1. The number of hydrogen-bond acceptors (Lipinski definition) is 4. The van der Waals surface area contributed by atoms with Gasteiger partial charge in [0.1, 0.15) is 6.54 Å². The molecule has 0 bridgehead atoms. The lowest BCUT2D eigenvalue weighted by atomic mass is 10.3. The maximum Gasteiger partial charge on any atom is 0.289 e. The molecule has 3 aromatic rings. The van der Waals surface area contributed by atoms with Crippen molar-refractivity contribution in [2.45, 2.75) is 0 Å². The molecule has 0 saturated carbocycles. The number of fused-ring (bicyclic) bond motifs is 1. The summed E-state index contributed by atoms with van der Waals surface area (Å²) in [5.41, 5.74) is 1.59. The van der Waals surface area contributed by atoms with Crippen LogP contribution in [0.5, 0.6) is 0 Å². The van der Waals surface area contributed by atoms with Gasteiger partial charge in [0.2, 0.25) is 11.9 Å². The third-order valence-electron chi connectivity index (χ3n) is 3.11. The summed E-state index contributed by atoms with van der Waals surface area (Å²) in [6.07, 6.45) is 1.41. The van der Waals surface area contributed by atoms with Crippen molar-refractivity contribution in [2.24, 2.45) is 0 Å². The fourth-order valence-electron chi connectivity index (χ4n) is 2.06. The van der Waals surface area contributed by atoms with E-state index in [1.165, 1.54) is 18.2 Å². The molecule has 0 saturated heterocycles. The van der Waals surface area contributed by atoms with Crippen molar-refractivity contribution in [2.75, 3.05) is 18.9 Å². The molecule has 22 heavy (non-hydrogen) atoms. The van der Waals surface area contributed by atoms with Gasteiger partial charge in [0.05, 0.1) is 17.3 Å². The first kappa shape index (κ1) is 13.9. The van der Waals surface area contributed by atoms with Gasteiger partial charge in [-0.1, -0.05) is 12.1 Å². The Morgan fingerprint density at radius 3 is 2.82 bits per heavy atom. The third-order valence-corrected chi connectivity index (χ3v) is 3.11. The fraction of sp³-hybridized carbons (Fsp3) is 0.133. The summed E-state index contributed by atoms with van der Waals surface area (Å²) in [6, 6.07) is 10.6. The number of hydrogen-bond donors (Lipinski definition) is 2. The predicted octanol–water partition coefficient (Wildman–Crippen LogP) is 1.87. The minimum absolute atomic E-state index is 0.101. The maximum atomic E-state index is 12.0. The summed E-state index contributed by atoms with van der Waals surface area (Å²) >= 11 is 0. The van der Waals surface area contributed by atoms with Crippen LogP contribution in [0.1, 0.15) is 10.6 Å². The molecule has 2 N–H and O–H groups in total. The molecule has 0 atom stereocenters. The number of H-pyrrole nitrogens is 1. The number of carbonyl (C=O) groups is 2. The summed E-state index contributed by atoms with van der Waals surface area (Å²) < 4.78 is 5.01. The number of aromatic amines is 1. The van der Waals surface area contributed by atoms with Gasteiger partial charge < -0.3 is 14.3 Å². The zero-order valence-corrected chi connectivity index (χ0v) is 11.9. The number of nitrogens with one attached hydrogen (secondary N) is 2. The van der Waals surface area contributed by atoms with Crippen LogP contribution in [0.15, 0.2) is 47.1 Å². The predicted molar refractivity (Wildman–Crippen MR) is 80.4 cm³/mol. The number of nitrogens with zero attached hydrogens (tertiary/aromatic N) is 2. The van der Waals surface area contributed by atoms with Gasteiger partial charge in [-0.05, 0) is 24.3 Å². The number of anilines is 1. The van der Waals surface area contributed by atoms with Crippen molar-refractivity contribution in [3.63, 3.8) is 0 Å². The lowest BCUT2D eigenvalue weighted by Crippen LogP contribution is -2.34. The second-order valence-corrected chi connectivity index (χ2v) is 4.79. The topological polar surface area (TPSA) is 91.2 Å². The molecule has 0 aliphatic heterocycles. The monoisotopic (exact) mass is 298 g/mol. The highest BCUT2D eigenvalue weighted by Gasteiger charge is 2.17. The molecule has 3 rings (SSSR count). The summed E-state index contributed by atoms with van der Waals surface area (Å²) in [4.78, 5) is 32.5. The van der Waals surface area contributed by atoms with Crippen molar-refractivity contribution in [3.8, 4) is 0 Å². The van der Waals surface area contributed by atoms with E-state index in [1.54, 1.807) is 12.1 Å². The lowest BCUT2D eigenvalue weighted by molar-refractivity contribution is -0.116. The van der Waals surface area contributed by atoms with Crippen molar-refractivity contribution >= 4 is 28.8 Å². The van der Waals surface area contributed by atoms with Crippen molar-refractivity contribution in [1.29, 1.82) is 0 Å². The molecule has 0 aliphatic carbocycles. The van der Waals surface area contributed by atoms with E-state index in [2.05, 4.69) is 15.3 Å². The smallest absolute Gasteiger partial charge is 0.289 e. The SMILES string of the molecule is CN(CC(=O)Nc1nc2ccccc2[nH]1)C(=O)c1ccco1. The standard InChI is InChI=1S/C15H14N4O3/c1-19(14(21)12-7-4-8-22-12)9-13(20)18-15-16-10-5-2-3-6-11(10)17-15/h2-8H,9H2,1H3,(H2,16,17,18,20). The highest BCUT2D eigenvalue weighted by molar-refractivity contribution is 5.97. The summed E-state index contributed by atoms with van der Waals surface area (Å²) in [6.45, 7) is -0.101. The Kier molecular flexibility index (Phi) is 3.61. The molecule has 2 heterocycles. The average molecular weight is 298 g/mol. The Labute approximate surface area is 125 Å². The number of benzene rings is 1. The van der Waals surface area contributed by atoms with Crippen LogP contribution >= 0.6 is 0 Å². The number of aromatic nitrogens is 2. The molecule has 1 aromatic carbocycles. The van der Waals surface area contributed by atoms with Gasteiger partial charge in [0.25, 0.3) is 5.91 Å². The van der Waals surface area contributed by atoms with E-state index in [9.17, 15) is 9.59 Å². The zero-order valence-electron chi connectivity index (χ0n) is 11.9. The van der Waals surface area contributed by atoms with Crippen molar-refractivity contribution in [3.05, 3.63) is 48.4 Å². The quantitative estimate of drug-likeness (QED) is 0.769. The number of carbonyl (C=O) groups excluding carboxylic acids is 2. The average Bonchev–Trinajstić information content (AvgIpc) is 3.14. The highest BCUT2D eigenvalue weighted by atomic mass is 16.3. The molecule has 7 heteroatoms. The Morgan fingerprint density at radius 1 is 1.27 bits per heavy atom. The summed E-state index contributed by atoms with van der Waals surface area (Å²) in [7, 11) is 1.53. The minimum atomic E-state index is -0.357. The van der Waals surface area contributed by atoms with Crippen LogP contribution in [0.4, 0.5) is 5.95 Å². The molecule has 2 aromatic heterocycles. The molecule has 112 valence electrons. The maximum absolute atomic E-state index is 12.0. The van der Waals surface area contributed by atoms with E-state index < -0.39 is 0 Å². The van der Waals surface area contributed by atoms with E-state index in [1.807, 2.05) is 24.3 Å². The van der Waals surface area contributed by atoms with Crippen LogP contribution in [0.2, 0.25) is 0 Å². The van der Waals surface area contributed by atoms with Gasteiger partial charge in [0.15, 0.2) is 5.76 Å². The lowest BCUT2D eigenvalue weighted by Gasteiger charge is -2.14. The molecule has 0 fully saturated rings. The number of rotatable bonds is 4. The van der Waals surface area contributed by atoms with Crippen LogP contribution < -0.4 is 5.32 Å². The molecule has 0 unspecified atom stereocenters. The Bertz CT molecular complexity index is 774. The number of likely N-dealkylation sites (N-methyl/N-ethyl adjacent to an activating group) is 1. The van der Waals surface area contributed by atoms with Gasteiger partial charge in [0, 0.05) is 7.05 Å². The minimum Gasteiger partial charge on any atom is -0.459 e. The van der Waals surface area contributed by atoms with Crippen LogP contribution in [-0.4, -0.2) is 40.3 Å². The molecular weight excluding hydrogens is 284 g/mol. The van der Waals surface area contributed by atoms with E-state index in [4.69, 9.17) is 4.42 Å². The highest BCUT2D eigenvalue weighted by Crippen LogP contribution is 2.13. The van der Waals surface area contributed by atoms with Crippen molar-refractivity contribution < 1.29 is 14.0 Å². The van der Waals surface area contributed by atoms with Gasteiger partial charge >= 0.3 is 0 Å². The number of furan rings is 1. The van der Waals surface area contributed by atoms with E-state index in [-0.39, 0.29) is 24.1 Å². The molecule has 0 spiro atoms. The molecule has 0 radical (unpaired) electrons. The zero-order chi connectivity index (χ0) is 15.5. The van der Waals surface area contributed by atoms with Gasteiger partial charge in [-0.25, -0.2) is 4.98 Å². The first-order valence-corrected chi connectivity index (χ1v) is 6.67. The Balaban J connectivity index is 1.63. The Morgan fingerprint density at radius 2 is 2.09 bits per heavy atom.